The van der Waals surface area contributed by atoms with E-state index in [1.54, 1.807) is 6.20 Å². The van der Waals surface area contributed by atoms with Gasteiger partial charge >= 0.3 is 0 Å². The predicted molar refractivity (Wildman–Crippen MR) is 68.1 cm³/mol. The van der Waals surface area contributed by atoms with Crippen molar-refractivity contribution >= 4 is 17.3 Å². The maximum absolute atomic E-state index is 5.82. The molecule has 0 aliphatic rings. The van der Waals surface area contributed by atoms with Crippen molar-refractivity contribution in [3.05, 3.63) is 17.4 Å². The highest BCUT2D eigenvalue weighted by Crippen LogP contribution is 2.15. The predicted octanol–water partition coefficient (Wildman–Crippen LogP) is 1.91. The highest BCUT2D eigenvalue weighted by molar-refractivity contribution is 6.29. The van der Waals surface area contributed by atoms with Gasteiger partial charge in [-0.3, -0.25) is 0 Å². The topological polar surface area (TPSA) is 32.3 Å². The van der Waals surface area contributed by atoms with Gasteiger partial charge in [-0.15, -0.1) is 5.10 Å². The number of hydrogen-bond donors (Lipinski definition) is 0. The highest BCUT2D eigenvalue weighted by atomic mass is 35.5. The smallest absolute Gasteiger partial charge is 0.153 e. The fourth-order valence-corrected chi connectivity index (χ4v) is 1.71. The Hall–Kier alpha value is -0.870. The zero-order chi connectivity index (χ0) is 12.0. The lowest BCUT2D eigenvalue weighted by Gasteiger charge is -2.23. The Labute approximate surface area is 102 Å². The van der Waals surface area contributed by atoms with E-state index < -0.39 is 0 Å². The fourth-order valence-electron chi connectivity index (χ4n) is 1.55. The lowest BCUT2D eigenvalue weighted by Crippen LogP contribution is -2.27. The molecule has 0 aliphatic heterocycles. The first-order valence-electron chi connectivity index (χ1n) is 5.51. The van der Waals surface area contributed by atoms with Crippen LogP contribution in [0.25, 0.3) is 0 Å². The summed E-state index contributed by atoms with van der Waals surface area (Å²) in [6.07, 6.45) is 2.88. The summed E-state index contributed by atoms with van der Waals surface area (Å²) in [5.41, 5.74) is 1.04. The normalized spacial score (nSPS) is 10.8. The molecular formula is C11H19ClN4. The number of halogens is 1. The molecule has 0 fully saturated rings. The monoisotopic (exact) mass is 242 g/mol. The van der Waals surface area contributed by atoms with E-state index in [0.717, 1.165) is 31.7 Å². The van der Waals surface area contributed by atoms with Crippen LogP contribution in [0, 0.1) is 0 Å². The number of aromatic nitrogens is 2. The molecule has 1 heterocycles. The zero-order valence-electron chi connectivity index (χ0n) is 10.1. The second kappa shape index (κ2) is 6.66. The lowest BCUT2D eigenvalue weighted by molar-refractivity contribution is 0.400. The van der Waals surface area contributed by atoms with Crippen molar-refractivity contribution in [1.29, 1.82) is 0 Å². The number of rotatable bonds is 6. The third-order valence-corrected chi connectivity index (χ3v) is 2.58. The Kier molecular flexibility index (Phi) is 5.49. The SMILES string of the molecule is CCN(CCCN(C)C)c1cnnc(Cl)c1. The van der Waals surface area contributed by atoms with Gasteiger partial charge in [-0.1, -0.05) is 11.6 Å². The molecule has 0 N–H and O–H groups in total. The Morgan fingerprint density at radius 1 is 1.31 bits per heavy atom. The summed E-state index contributed by atoms with van der Waals surface area (Å²) < 4.78 is 0. The minimum Gasteiger partial charge on any atom is -0.370 e. The van der Waals surface area contributed by atoms with Crippen LogP contribution >= 0.6 is 11.6 Å². The van der Waals surface area contributed by atoms with Crippen LogP contribution in [0.5, 0.6) is 0 Å². The Morgan fingerprint density at radius 2 is 2.06 bits per heavy atom. The molecule has 0 bridgehead atoms. The van der Waals surface area contributed by atoms with Gasteiger partial charge in [-0.05, 0) is 34.0 Å². The van der Waals surface area contributed by atoms with Gasteiger partial charge in [0.15, 0.2) is 5.15 Å². The van der Waals surface area contributed by atoms with Crippen molar-refractivity contribution in [3.63, 3.8) is 0 Å². The minimum atomic E-state index is 0.448. The maximum atomic E-state index is 5.82. The van der Waals surface area contributed by atoms with Crippen LogP contribution in [-0.4, -0.2) is 48.8 Å². The molecule has 0 saturated carbocycles. The molecule has 0 spiro atoms. The Bertz CT molecular complexity index is 317. The molecule has 0 radical (unpaired) electrons. The van der Waals surface area contributed by atoms with Gasteiger partial charge in [0, 0.05) is 19.2 Å². The van der Waals surface area contributed by atoms with Gasteiger partial charge in [-0.25, -0.2) is 0 Å². The van der Waals surface area contributed by atoms with Crippen LogP contribution in [0.4, 0.5) is 5.69 Å². The van der Waals surface area contributed by atoms with E-state index in [-0.39, 0.29) is 0 Å². The molecule has 0 atom stereocenters. The van der Waals surface area contributed by atoms with E-state index in [1.165, 1.54) is 0 Å². The van der Waals surface area contributed by atoms with Gasteiger partial charge in [0.05, 0.1) is 11.9 Å². The zero-order valence-corrected chi connectivity index (χ0v) is 10.9. The van der Waals surface area contributed by atoms with Gasteiger partial charge < -0.3 is 9.80 Å². The standard InChI is InChI=1S/C11H19ClN4/c1-4-16(7-5-6-15(2)3)10-8-11(12)14-13-9-10/h8-9H,4-7H2,1-3H3. The van der Waals surface area contributed by atoms with Crippen LogP contribution in [0.1, 0.15) is 13.3 Å². The molecule has 1 rings (SSSR count). The van der Waals surface area contributed by atoms with Crippen molar-refractivity contribution in [2.75, 3.05) is 38.6 Å². The molecule has 0 aromatic carbocycles. The number of hydrogen-bond acceptors (Lipinski definition) is 4. The van der Waals surface area contributed by atoms with Gasteiger partial charge in [0.25, 0.3) is 0 Å². The Morgan fingerprint density at radius 3 is 2.62 bits per heavy atom. The van der Waals surface area contributed by atoms with Gasteiger partial charge in [-0.2, -0.15) is 5.10 Å². The second-order valence-electron chi connectivity index (χ2n) is 3.97. The third-order valence-electron chi connectivity index (χ3n) is 2.39. The summed E-state index contributed by atoms with van der Waals surface area (Å²) in [6, 6.07) is 1.85. The van der Waals surface area contributed by atoms with Gasteiger partial charge in [0.1, 0.15) is 0 Å². The minimum absolute atomic E-state index is 0.448. The van der Waals surface area contributed by atoms with E-state index in [2.05, 4.69) is 41.0 Å². The molecular weight excluding hydrogens is 224 g/mol. The summed E-state index contributed by atoms with van der Waals surface area (Å²) in [4.78, 5) is 4.44. The summed E-state index contributed by atoms with van der Waals surface area (Å²) in [5.74, 6) is 0. The third kappa shape index (κ3) is 4.33. The molecule has 0 unspecified atom stereocenters. The summed E-state index contributed by atoms with van der Waals surface area (Å²) in [7, 11) is 4.17. The first kappa shape index (κ1) is 13.2. The van der Waals surface area contributed by atoms with Crippen LogP contribution in [-0.2, 0) is 0 Å². The summed E-state index contributed by atoms with van der Waals surface area (Å²) in [6.45, 7) is 5.18. The van der Waals surface area contributed by atoms with Crippen molar-refractivity contribution in [2.45, 2.75) is 13.3 Å². The maximum Gasteiger partial charge on any atom is 0.153 e. The van der Waals surface area contributed by atoms with Crippen LogP contribution in [0.3, 0.4) is 0 Å². The fraction of sp³-hybridized carbons (Fsp3) is 0.636. The molecule has 0 amide bonds. The summed E-state index contributed by atoms with van der Waals surface area (Å²) in [5, 5.41) is 8.06. The first-order valence-corrected chi connectivity index (χ1v) is 5.89. The molecule has 1 aromatic heterocycles. The number of nitrogens with zero attached hydrogens (tertiary/aromatic N) is 4. The number of anilines is 1. The van der Waals surface area contributed by atoms with Crippen LogP contribution < -0.4 is 4.90 Å². The molecule has 1 aromatic rings. The van der Waals surface area contributed by atoms with Crippen molar-refractivity contribution in [2.24, 2.45) is 0 Å². The lowest BCUT2D eigenvalue weighted by atomic mass is 10.3. The van der Waals surface area contributed by atoms with Crippen LogP contribution in [0.2, 0.25) is 5.15 Å². The molecule has 0 aliphatic carbocycles. The highest BCUT2D eigenvalue weighted by Gasteiger charge is 2.05. The Balaban J connectivity index is 2.53. The van der Waals surface area contributed by atoms with Gasteiger partial charge in [0.2, 0.25) is 0 Å². The van der Waals surface area contributed by atoms with E-state index >= 15 is 0 Å². The van der Waals surface area contributed by atoms with E-state index in [1.807, 2.05) is 6.07 Å². The molecule has 90 valence electrons. The molecule has 5 heteroatoms. The van der Waals surface area contributed by atoms with Crippen molar-refractivity contribution in [3.8, 4) is 0 Å². The largest absolute Gasteiger partial charge is 0.370 e. The van der Waals surface area contributed by atoms with E-state index in [4.69, 9.17) is 11.6 Å². The van der Waals surface area contributed by atoms with Crippen LogP contribution in [0.15, 0.2) is 12.3 Å². The van der Waals surface area contributed by atoms with Crippen molar-refractivity contribution < 1.29 is 0 Å². The first-order chi connectivity index (χ1) is 7.63. The summed E-state index contributed by atoms with van der Waals surface area (Å²) >= 11 is 5.82. The quantitative estimate of drug-likeness (QED) is 0.763. The molecule has 0 saturated heterocycles. The molecule has 4 nitrogen and oxygen atoms in total. The average Bonchev–Trinajstić information content (AvgIpc) is 2.24. The van der Waals surface area contributed by atoms with Crippen molar-refractivity contribution in [1.82, 2.24) is 15.1 Å². The average molecular weight is 243 g/mol. The van der Waals surface area contributed by atoms with E-state index in [9.17, 15) is 0 Å². The second-order valence-corrected chi connectivity index (χ2v) is 4.36. The van der Waals surface area contributed by atoms with E-state index in [0.29, 0.717) is 5.15 Å². The molecule has 16 heavy (non-hydrogen) atoms.